The monoisotopic (exact) mass is 287 g/mol. The molecule has 0 radical (unpaired) electrons. The molecule has 1 heterocycles. The topological polar surface area (TPSA) is 77.3 Å². The van der Waals surface area contributed by atoms with Gasteiger partial charge in [-0.25, -0.2) is 4.98 Å². The normalized spacial score (nSPS) is 11.9. The van der Waals surface area contributed by atoms with Crippen LogP contribution in [0.1, 0.15) is 25.5 Å². The van der Waals surface area contributed by atoms with Crippen LogP contribution in [0.2, 0.25) is 0 Å². The van der Waals surface area contributed by atoms with Crippen LogP contribution in [0.5, 0.6) is 11.6 Å². The minimum absolute atomic E-state index is 0.0430. The smallest absolute Gasteiger partial charge is 0.311 e. The molecule has 110 valence electrons. The molecule has 1 aromatic heterocycles. The van der Waals surface area contributed by atoms with E-state index in [1.165, 1.54) is 6.07 Å². The Hall–Kier alpha value is -2.47. The molecule has 0 bridgehead atoms. The predicted molar refractivity (Wildman–Crippen MR) is 79.5 cm³/mol. The molecule has 1 aromatic carbocycles. The highest BCUT2D eigenvalue weighted by molar-refractivity contribution is 5.48. The second-order valence-electron chi connectivity index (χ2n) is 4.50. The lowest BCUT2D eigenvalue weighted by molar-refractivity contribution is -0.385. The fourth-order valence-electron chi connectivity index (χ4n) is 2.03. The third-order valence-corrected chi connectivity index (χ3v) is 3.05. The molecular formula is C15H17N3O3. The number of benzene rings is 1. The van der Waals surface area contributed by atoms with E-state index in [1.54, 1.807) is 24.4 Å². The van der Waals surface area contributed by atoms with E-state index in [0.29, 0.717) is 5.88 Å². The molecule has 0 fully saturated rings. The van der Waals surface area contributed by atoms with Crippen molar-refractivity contribution in [1.29, 1.82) is 0 Å². The Morgan fingerprint density at radius 1 is 1.33 bits per heavy atom. The molecular weight excluding hydrogens is 270 g/mol. The molecule has 0 aliphatic rings. The number of rotatable bonds is 6. The Kier molecular flexibility index (Phi) is 4.84. The maximum atomic E-state index is 11.0. The molecule has 2 aromatic rings. The lowest BCUT2D eigenvalue weighted by atomic mass is 10.1. The minimum atomic E-state index is -0.467. The predicted octanol–water partition coefficient (Wildman–Crippen LogP) is 3.45. The van der Waals surface area contributed by atoms with Gasteiger partial charge < -0.3 is 10.1 Å². The van der Waals surface area contributed by atoms with Gasteiger partial charge in [0.15, 0.2) is 0 Å². The van der Waals surface area contributed by atoms with Gasteiger partial charge in [0.2, 0.25) is 11.6 Å². The highest BCUT2D eigenvalue weighted by Gasteiger charge is 2.18. The minimum Gasteiger partial charge on any atom is -0.431 e. The Morgan fingerprint density at radius 3 is 2.81 bits per heavy atom. The van der Waals surface area contributed by atoms with Crippen LogP contribution in [0.15, 0.2) is 42.6 Å². The molecule has 0 saturated heterocycles. The highest BCUT2D eigenvalue weighted by atomic mass is 16.6. The van der Waals surface area contributed by atoms with Gasteiger partial charge in [-0.15, -0.1) is 0 Å². The van der Waals surface area contributed by atoms with Crippen LogP contribution in [0.3, 0.4) is 0 Å². The van der Waals surface area contributed by atoms with Gasteiger partial charge in [-0.2, -0.15) is 0 Å². The highest BCUT2D eigenvalue weighted by Crippen LogP contribution is 2.33. The molecule has 1 N–H and O–H groups in total. The summed E-state index contributed by atoms with van der Waals surface area (Å²) in [6.07, 6.45) is 1.60. The van der Waals surface area contributed by atoms with Crippen molar-refractivity contribution in [2.24, 2.45) is 0 Å². The Morgan fingerprint density at radius 2 is 2.10 bits per heavy atom. The zero-order valence-corrected chi connectivity index (χ0v) is 11.9. The standard InChI is InChI=1S/C15H17N3O3/c1-3-16-11(2)12-7-6-10-17-15(12)21-14-9-5-4-8-13(14)18(19)20/h4-11,16H,3H2,1-2H3. The molecule has 0 amide bonds. The van der Waals surface area contributed by atoms with Gasteiger partial charge in [-0.3, -0.25) is 10.1 Å². The summed E-state index contributed by atoms with van der Waals surface area (Å²) in [6.45, 7) is 4.81. The van der Waals surface area contributed by atoms with Crippen molar-refractivity contribution in [3.63, 3.8) is 0 Å². The van der Waals surface area contributed by atoms with Gasteiger partial charge in [-0.05, 0) is 25.6 Å². The number of aromatic nitrogens is 1. The average molecular weight is 287 g/mol. The molecule has 2 rings (SSSR count). The molecule has 21 heavy (non-hydrogen) atoms. The first-order valence-electron chi connectivity index (χ1n) is 6.73. The van der Waals surface area contributed by atoms with E-state index in [1.807, 2.05) is 26.0 Å². The van der Waals surface area contributed by atoms with Gasteiger partial charge in [-0.1, -0.05) is 25.1 Å². The SMILES string of the molecule is CCNC(C)c1cccnc1Oc1ccccc1[N+](=O)[O-]. The van der Waals surface area contributed by atoms with E-state index < -0.39 is 4.92 Å². The Bertz CT molecular complexity index is 631. The van der Waals surface area contributed by atoms with Gasteiger partial charge in [0.25, 0.3) is 0 Å². The van der Waals surface area contributed by atoms with Crippen LogP contribution in [0.25, 0.3) is 0 Å². The van der Waals surface area contributed by atoms with Crippen LogP contribution < -0.4 is 10.1 Å². The van der Waals surface area contributed by atoms with E-state index >= 15 is 0 Å². The van der Waals surface area contributed by atoms with E-state index in [2.05, 4.69) is 10.3 Å². The summed E-state index contributed by atoms with van der Waals surface area (Å²) in [5.74, 6) is 0.561. The lowest BCUT2D eigenvalue weighted by Crippen LogP contribution is -2.18. The third-order valence-electron chi connectivity index (χ3n) is 3.05. The first kappa shape index (κ1) is 14.9. The first-order valence-corrected chi connectivity index (χ1v) is 6.73. The molecule has 0 spiro atoms. The molecule has 1 atom stereocenters. The van der Waals surface area contributed by atoms with E-state index in [4.69, 9.17) is 4.74 Å². The first-order chi connectivity index (χ1) is 10.1. The van der Waals surface area contributed by atoms with Gasteiger partial charge in [0.05, 0.1) is 4.92 Å². The van der Waals surface area contributed by atoms with Crippen molar-refractivity contribution >= 4 is 5.69 Å². The Balaban J connectivity index is 2.34. The van der Waals surface area contributed by atoms with Crippen LogP contribution in [-0.2, 0) is 0 Å². The zero-order chi connectivity index (χ0) is 15.2. The number of nitro benzene ring substituents is 1. The molecule has 1 unspecified atom stereocenters. The largest absolute Gasteiger partial charge is 0.431 e. The molecule has 6 nitrogen and oxygen atoms in total. The van der Waals surface area contributed by atoms with Crippen molar-refractivity contribution in [3.8, 4) is 11.6 Å². The van der Waals surface area contributed by atoms with Crippen molar-refractivity contribution in [3.05, 3.63) is 58.3 Å². The molecule has 0 aliphatic heterocycles. The van der Waals surface area contributed by atoms with Crippen molar-refractivity contribution in [2.45, 2.75) is 19.9 Å². The quantitative estimate of drug-likeness (QED) is 0.650. The molecule has 6 heteroatoms. The lowest BCUT2D eigenvalue weighted by Gasteiger charge is -2.16. The number of nitro groups is 1. The van der Waals surface area contributed by atoms with Gasteiger partial charge in [0.1, 0.15) is 0 Å². The van der Waals surface area contributed by atoms with E-state index in [9.17, 15) is 10.1 Å². The average Bonchev–Trinajstić information content (AvgIpc) is 2.48. The van der Waals surface area contributed by atoms with Gasteiger partial charge in [0, 0.05) is 23.9 Å². The van der Waals surface area contributed by atoms with Crippen LogP contribution in [-0.4, -0.2) is 16.5 Å². The zero-order valence-electron chi connectivity index (χ0n) is 11.9. The summed E-state index contributed by atoms with van der Waals surface area (Å²) in [6, 6.07) is 10.0. The molecule has 0 saturated carbocycles. The molecule has 0 aliphatic carbocycles. The number of nitrogens with one attached hydrogen (secondary N) is 1. The summed E-state index contributed by atoms with van der Waals surface area (Å²) in [7, 11) is 0. The van der Waals surface area contributed by atoms with Gasteiger partial charge >= 0.3 is 5.69 Å². The van der Waals surface area contributed by atoms with Crippen molar-refractivity contribution in [2.75, 3.05) is 6.54 Å². The summed E-state index contributed by atoms with van der Waals surface area (Å²) in [5.41, 5.74) is 0.780. The number of pyridine rings is 1. The third kappa shape index (κ3) is 3.55. The number of ether oxygens (including phenoxy) is 1. The summed E-state index contributed by atoms with van der Waals surface area (Å²) >= 11 is 0. The maximum absolute atomic E-state index is 11.0. The fraction of sp³-hybridized carbons (Fsp3) is 0.267. The van der Waals surface area contributed by atoms with Crippen molar-refractivity contribution < 1.29 is 9.66 Å². The summed E-state index contributed by atoms with van der Waals surface area (Å²) in [5, 5.41) is 14.3. The maximum Gasteiger partial charge on any atom is 0.311 e. The number of hydrogen-bond donors (Lipinski definition) is 1. The van der Waals surface area contributed by atoms with Crippen LogP contribution in [0.4, 0.5) is 5.69 Å². The number of para-hydroxylation sites is 2. The Labute approximate surface area is 122 Å². The van der Waals surface area contributed by atoms with Crippen LogP contribution >= 0.6 is 0 Å². The number of hydrogen-bond acceptors (Lipinski definition) is 5. The summed E-state index contributed by atoms with van der Waals surface area (Å²) in [4.78, 5) is 14.8. The number of nitrogens with zero attached hydrogens (tertiary/aromatic N) is 2. The van der Waals surface area contributed by atoms with E-state index in [0.717, 1.165) is 12.1 Å². The van der Waals surface area contributed by atoms with Crippen molar-refractivity contribution in [1.82, 2.24) is 10.3 Å². The van der Waals surface area contributed by atoms with Crippen LogP contribution in [0, 0.1) is 10.1 Å². The second kappa shape index (κ2) is 6.81. The summed E-state index contributed by atoms with van der Waals surface area (Å²) < 4.78 is 5.68. The van der Waals surface area contributed by atoms with E-state index in [-0.39, 0.29) is 17.5 Å². The fourth-order valence-corrected chi connectivity index (χ4v) is 2.03. The second-order valence-corrected chi connectivity index (χ2v) is 4.50.